The first-order valence-electron chi connectivity index (χ1n) is 9.95. The number of carbonyl (C=O) groups is 1. The molecule has 0 radical (unpaired) electrons. The summed E-state index contributed by atoms with van der Waals surface area (Å²) in [6, 6.07) is 24.3. The standard InChI is InChI=1S/C25H21N3O2S/c1-16(29)28-23(15-20(26-28)17-8-11-19(30-3)12-9-17)18-10-13-22-25(14-18)31-24-7-5-4-6-21(24)27(22)2/h4-15H,1-3H3. The van der Waals surface area contributed by atoms with Crippen molar-refractivity contribution in [2.75, 3.05) is 19.1 Å². The van der Waals surface area contributed by atoms with Crippen LogP contribution in [0, 0.1) is 0 Å². The Morgan fingerprint density at radius 3 is 2.35 bits per heavy atom. The molecule has 1 aliphatic heterocycles. The molecule has 5 rings (SSSR count). The summed E-state index contributed by atoms with van der Waals surface area (Å²) in [5.74, 6) is 0.661. The van der Waals surface area contributed by atoms with Crippen molar-refractivity contribution in [2.45, 2.75) is 16.7 Å². The van der Waals surface area contributed by atoms with Crippen molar-refractivity contribution in [2.24, 2.45) is 0 Å². The lowest BCUT2D eigenvalue weighted by atomic mass is 10.1. The van der Waals surface area contributed by atoms with Gasteiger partial charge in [0.05, 0.1) is 29.9 Å². The van der Waals surface area contributed by atoms with E-state index in [1.165, 1.54) is 22.2 Å². The van der Waals surface area contributed by atoms with E-state index in [2.05, 4.69) is 59.5 Å². The topological polar surface area (TPSA) is 47.4 Å². The maximum Gasteiger partial charge on any atom is 0.244 e. The molecule has 5 nitrogen and oxygen atoms in total. The summed E-state index contributed by atoms with van der Waals surface area (Å²) in [5, 5.41) is 4.58. The highest BCUT2D eigenvalue weighted by Crippen LogP contribution is 2.48. The summed E-state index contributed by atoms with van der Waals surface area (Å²) >= 11 is 1.75. The van der Waals surface area contributed by atoms with Gasteiger partial charge in [0.1, 0.15) is 5.75 Å². The number of anilines is 2. The highest BCUT2D eigenvalue weighted by Gasteiger charge is 2.22. The van der Waals surface area contributed by atoms with E-state index in [1.54, 1.807) is 18.9 Å². The lowest BCUT2D eigenvalue weighted by Gasteiger charge is -2.29. The van der Waals surface area contributed by atoms with Gasteiger partial charge >= 0.3 is 0 Å². The average molecular weight is 428 g/mol. The van der Waals surface area contributed by atoms with Crippen LogP contribution in [0.1, 0.15) is 11.7 Å². The second kappa shape index (κ2) is 7.63. The smallest absolute Gasteiger partial charge is 0.244 e. The summed E-state index contributed by atoms with van der Waals surface area (Å²) in [5.41, 5.74) is 5.77. The molecular formula is C25H21N3O2S. The van der Waals surface area contributed by atoms with Crippen LogP contribution in [0.5, 0.6) is 5.75 Å². The van der Waals surface area contributed by atoms with E-state index in [1.807, 2.05) is 30.3 Å². The molecule has 0 bridgehead atoms. The maximum atomic E-state index is 12.4. The SMILES string of the molecule is COc1ccc(-c2cc(-c3ccc4c(c3)Sc3ccccc3N4C)n(C(C)=O)n2)cc1. The first-order chi connectivity index (χ1) is 15.0. The molecule has 0 saturated heterocycles. The molecule has 154 valence electrons. The zero-order valence-electron chi connectivity index (χ0n) is 17.5. The second-order valence-corrected chi connectivity index (χ2v) is 8.47. The van der Waals surface area contributed by atoms with Crippen molar-refractivity contribution in [1.29, 1.82) is 0 Å². The van der Waals surface area contributed by atoms with Crippen molar-refractivity contribution < 1.29 is 9.53 Å². The third-order valence-corrected chi connectivity index (χ3v) is 6.57. The Bertz CT molecular complexity index is 1290. The number of carbonyl (C=O) groups excluding carboxylic acids is 1. The number of fused-ring (bicyclic) bond motifs is 2. The molecule has 0 aliphatic carbocycles. The maximum absolute atomic E-state index is 12.4. The molecule has 2 heterocycles. The molecule has 0 saturated carbocycles. The van der Waals surface area contributed by atoms with Crippen LogP contribution in [-0.2, 0) is 0 Å². The zero-order valence-corrected chi connectivity index (χ0v) is 18.3. The van der Waals surface area contributed by atoms with E-state index in [0.717, 1.165) is 38.8 Å². The largest absolute Gasteiger partial charge is 0.497 e. The van der Waals surface area contributed by atoms with Gasteiger partial charge in [-0.1, -0.05) is 30.0 Å². The molecule has 0 amide bonds. The van der Waals surface area contributed by atoms with E-state index in [9.17, 15) is 4.79 Å². The van der Waals surface area contributed by atoms with Gasteiger partial charge in [-0.3, -0.25) is 4.79 Å². The number of methoxy groups -OCH3 is 1. The number of hydrogen-bond donors (Lipinski definition) is 0. The molecule has 4 aromatic rings. The summed E-state index contributed by atoms with van der Waals surface area (Å²) in [6.45, 7) is 1.53. The Kier molecular flexibility index (Phi) is 4.79. The molecule has 0 N–H and O–H groups in total. The summed E-state index contributed by atoms with van der Waals surface area (Å²) in [6.07, 6.45) is 0. The third-order valence-electron chi connectivity index (χ3n) is 5.46. The van der Waals surface area contributed by atoms with Gasteiger partial charge in [0.2, 0.25) is 5.91 Å². The van der Waals surface area contributed by atoms with E-state index < -0.39 is 0 Å². The molecule has 0 fully saturated rings. The number of ether oxygens (including phenoxy) is 1. The second-order valence-electron chi connectivity index (χ2n) is 7.39. The number of rotatable bonds is 3. The van der Waals surface area contributed by atoms with Crippen LogP contribution in [-0.4, -0.2) is 29.8 Å². The molecule has 31 heavy (non-hydrogen) atoms. The molecule has 0 atom stereocenters. The van der Waals surface area contributed by atoms with Crippen LogP contribution < -0.4 is 9.64 Å². The molecule has 3 aromatic carbocycles. The van der Waals surface area contributed by atoms with E-state index in [-0.39, 0.29) is 5.91 Å². The number of aromatic nitrogens is 2. The van der Waals surface area contributed by atoms with Crippen LogP contribution in [0.3, 0.4) is 0 Å². The van der Waals surface area contributed by atoms with E-state index in [4.69, 9.17) is 4.74 Å². The van der Waals surface area contributed by atoms with Crippen LogP contribution in [0.25, 0.3) is 22.5 Å². The van der Waals surface area contributed by atoms with Gasteiger partial charge < -0.3 is 9.64 Å². The lowest BCUT2D eigenvalue weighted by molar-refractivity contribution is 0.0923. The molecule has 0 unspecified atom stereocenters. The third kappa shape index (κ3) is 3.39. The minimum absolute atomic E-state index is 0.123. The summed E-state index contributed by atoms with van der Waals surface area (Å²) < 4.78 is 6.72. The fourth-order valence-electron chi connectivity index (χ4n) is 3.83. The number of para-hydroxylation sites is 1. The fraction of sp³-hybridized carbons (Fsp3) is 0.120. The normalized spacial score (nSPS) is 12.3. The average Bonchev–Trinajstić information content (AvgIpc) is 3.25. The van der Waals surface area contributed by atoms with Gasteiger partial charge in [-0.15, -0.1) is 0 Å². The van der Waals surface area contributed by atoms with Crippen molar-refractivity contribution in [3.8, 4) is 28.3 Å². The molecular weight excluding hydrogens is 406 g/mol. The Labute approximate surface area is 185 Å². The van der Waals surface area contributed by atoms with Gasteiger partial charge in [0.25, 0.3) is 0 Å². The van der Waals surface area contributed by atoms with Gasteiger partial charge in [-0.05, 0) is 54.6 Å². The Morgan fingerprint density at radius 2 is 1.61 bits per heavy atom. The van der Waals surface area contributed by atoms with Crippen LogP contribution in [0.2, 0.25) is 0 Å². The fourth-order valence-corrected chi connectivity index (χ4v) is 5.02. The van der Waals surface area contributed by atoms with Crippen molar-refractivity contribution >= 4 is 29.0 Å². The monoisotopic (exact) mass is 427 g/mol. The highest BCUT2D eigenvalue weighted by atomic mass is 32.2. The highest BCUT2D eigenvalue weighted by molar-refractivity contribution is 7.99. The minimum atomic E-state index is -0.123. The van der Waals surface area contributed by atoms with E-state index in [0.29, 0.717) is 0 Å². The number of hydrogen-bond acceptors (Lipinski definition) is 5. The quantitative estimate of drug-likeness (QED) is 0.394. The van der Waals surface area contributed by atoms with Gasteiger partial charge in [0.15, 0.2) is 0 Å². The van der Waals surface area contributed by atoms with Gasteiger partial charge in [-0.25, -0.2) is 0 Å². The van der Waals surface area contributed by atoms with Crippen LogP contribution in [0.15, 0.2) is 82.6 Å². The summed E-state index contributed by atoms with van der Waals surface area (Å²) in [7, 11) is 3.72. The lowest BCUT2D eigenvalue weighted by Crippen LogP contribution is -2.14. The summed E-state index contributed by atoms with van der Waals surface area (Å²) in [4.78, 5) is 16.9. The Hall–Kier alpha value is -3.51. The Balaban J connectivity index is 1.58. The van der Waals surface area contributed by atoms with Crippen LogP contribution in [0.4, 0.5) is 11.4 Å². The molecule has 1 aromatic heterocycles. The zero-order chi connectivity index (χ0) is 21.5. The Morgan fingerprint density at radius 1 is 0.903 bits per heavy atom. The predicted octanol–water partition coefficient (Wildman–Crippen LogP) is 6.12. The van der Waals surface area contributed by atoms with Gasteiger partial charge in [0, 0.05) is 34.9 Å². The van der Waals surface area contributed by atoms with Crippen molar-refractivity contribution in [3.05, 3.63) is 72.8 Å². The predicted molar refractivity (Wildman–Crippen MR) is 125 cm³/mol. The van der Waals surface area contributed by atoms with E-state index >= 15 is 0 Å². The first-order valence-corrected chi connectivity index (χ1v) is 10.8. The number of nitrogens with zero attached hydrogens (tertiary/aromatic N) is 3. The molecule has 6 heteroatoms. The van der Waals surface area contributed by atoms with Gasteiger partial charge in [-0.2, -0.15) is 9.78 Å². The minimum Gasteiger partial charge on any atom is -0.497 e. The molecule has 1 aliphatic rings. The number of benzene rings is 3. The van der Waals surface area contributed by atoms with Crippen molar-refractivity contribution in [3.63, 3.8) is 0 Å². The van der Waals surface area contributed by atoms with Crippen LogP contribution >= 0.6 is 11.8 Å². The van der Waals surface area contributed by atoms with Crippen molar-refractivity contribution in [1.82, 2.24) is 9.78 Å². The molecule has 0 spiro atoms. The first kappa shape index (κ1) is 19.5.